The minimum Gasteiger partial charge on any atom is -0.311 e. The number of para-hydroxylation sites is 1. The van der Waals surface area contributed by atoms with Gasteiger partial charge >= 0.3 is 0 Å². The molecule has 0 aliphatic heterocycles. The lowest BCUT2D eigenvalue weighted by molar-refractivity contribution is 0.660. The van der Waals surface area contributed by atoms with Crippen LogP contribution in [0.25, 0.3) is 83.1 Å². The molecule has 2 nitrogen and oxygen atoms in total. The molecule has 13 rings (SSSR count). The van der Waals surface area contributed by atoms with Crippen molar-refractivity contribution in [1.29, 1.82) is 0 Å². The minimum atomic E-state index is -0.0542. The van der Waals surface area contributed by atoms with Crippen LogP contribution in [0.4, 0.5) is 17.1 Å². The summed E-state index contributed by atoms with van der Waals surface area (Å²) < 4.78 is 2.42. The number of rotatable bonds is 7. The smallest absolute Gasteiger partial charge is 0.0547 e. The molecule has 0 unspecified atom stereocenters. The first-order valence-corrected chi connectivity index (χ1v) is 23.9. The van der Waals surface area contributed by atoms with Crippen LogP contribution in [0, 0.1) is 0 Å². The molecule has 0 fully saturated rings. The van der Waals surface area contributed by atoms with Gasteiger partial charge in [-0.1, -0.05) is 185 Å². The first kappa shape index (κ1) is 40.1. The van der Waals surface area contributed by atoms with Crippen molar-refractivity contribution in [2.45, 2.75) is 38.5 Å². The molecule has 2 aliphatic carbocycles. The molecule has 10 aromatic carbocycles. The molecule has 11 aromatic rings. The number of aromatic nitrogens is 1. The summed E-state index contributed by atoms with van der Waals surface area (Å²) in [7, 11) is 0. The van der Waals surface area contributed by atoms with Crippen LogP contribution < -0.4 is 4.90 Å². The summed E-state index contributed by atoms with van der Waals surface area (Å²) in [6, 6.07) is 85.5. The molecule has 0 atom stereocenters. The second kappa shape index (κ2) is 15.2. The van der Waals surface area contributed by atoms with Crippen molar-refractivity contribution in [2.24, 2.45) is 0 Å². The summed E-state index contributed by atoms with van der Waals surface area (Å²) in [5.41, 5.74) is 25.0. The van der Waals surface area contributed by atoms with Gasteiger partial charge in [0.25, 0.3) is 0 Å². The maximum absolute atomic E-state index is 2.42. The molecule has 0 bridgehead atoms. The van der Waals surface area contributed by atoms with Crippen LogP contribution >= 0.6 is 0 Å². The third-order valence-electron chi connectivity index (χ3n) is 15.2. The minimum absolute atomic E-state index is 0.0542. The molecule has 2 heteroatoms. The molecule has 2 aliphatic rings. The fraction of sp³-hybridized carbons (Fsp3) is 0.0909. The quantitative estimate of drug-likeness (QED) is 0.155. The van der Waals surface area contributed by atoms with Gasteiger partial charge in [-0.25, -0.2) is 0 Å². The Morgan fingerprint density at radius 2 is 0.691 bits per heavy atom. The number of nitrogens with zero attached hydrogens (tertiary/aromatic N) is 2. The van der Waals surface area contributed by atoms with Crippen LogP contribution in [0.15, 0.2) is 231 Å². The van der Waals surface area contributed by atoms with Crippen LogP contribution in [-0.2, 0) is 10.8 Å². The number of benzene rings is 10. The first-order chi connectivity index (χ1) is 33.2. The molecule has 68 heavy (non-hydrogen) atoms. The summed E-state index contributed by atoms with van der Waals surface area (Å²) >= 11 is 0. The molecule has 324 valence electrons. The second-order valence-corrected chi connectivity index (χ2v) is 19.8. The van der Waals surface area contributed by atoms with Crippen molar-refractivity contribution in [3.05, 3.63) is 253 Å². The Labute approximate surface area is 399 Å². The number of hydrogen-bond donors (Lipinski definition) is 0. The number of hydrogen-bond acceptors (Lipinski definition) is 1. The SMILES string of the molecule is CC1(C)c2ccccc2-c2ccc(-c3ccc(N(c4ccc(-c5ccc6c(c5)C(C)(C)c5ccccc5-6)cc4)c4ccc(-n5c6ccccc6c6ccc(-c7ccccc7)cc65)cc4)cc3)cc21. The zero-order valence-corrected chi connectivity index (χ0v) is 38.8. The maximum Gasteiger partial charge on any atom is 0.0547 e. The molecule has 0 saturated heterocycles. The molecule has 0 N–H and O–H groups in total. The normalized spacial score (nSPS) is 13.8. The highest BCUT2D eigenvalue weighted by Gasteiger charge is 2.36. The van der Waals surface area contributed by atoms with Crippen LogP contribution in [0.3, 0.4) is 0 Å². The van der Waals surface area contributed by atoms with E-state index in [0.717, 1.165) is 22.7 Å². The predicted molar refractivity (Wildman–Crippen MR) is 287 cm³/mol. The third kappa shape index (κ3) is 6.17. The number of fused-ring (bicyclic) bond motifs is 9. The zero-order chi connectivity index (χ0) is 45.7. The summed E-state index contributed by atoms with van der Waals surface area (Å²) in [6.07, 6.45) is 0. The van der Waals surface area contributed by atoms with E-state index in [1.54, 1.807) is 0 Å². The molecule has 0 spiro atoms. The van der Waals surface area contributed by atoms with E-state index >= 15 is 0 Å². The monoisotopic (exact) mass is 870 g/mol. The Kier molecular flexibility index (Phi) is 8.95. The van der Waals surface area contributed by atoms with E-state index < -0.39 is 0 Å². The van der Waals surface area contributed by atoms with Crippen molar-refractivity contribution in [3.63, 3.8) is 0 Å². The van der Waals surface area contributed by atoms with Gasteiger partial charge in [0.1, 0.15) is 0 Å². The van der Waals surface area contributed by atoms with Gasteiger partial charge in [0.05, 0.1) is 11.0 Å². The Hall–Kier alpha value is -8.20. The standard InChI is InChI=1S/C66H50N2/c1-65(2)59-19-11-8-16-53(59)55-37-26-46(40-61(55)65)44-22-29-49(30-23-44)67(50-31-24-45(25-32-50)47-27-38-56-54-17-9-12-20-60(54)66(3,4)62(56)41-47)51-33-35-52(36-34-51)68-63-21-13-10-18-57(63)58-39-28-48(42-64(58)68)43-14-6-5-7-15-43/h5-42H,1-4H3. The predicted octanol–water partition coefficient (Wildman–Crippen LogP) is 17.9. The highest BCUT2D eigenvalue weighted by Crippen LogP contribution is 2.51. The third-order valence-corrected chi connectivity index (χ3v) is 15.2. The maximum atomic E-state index is 2.42. The lowest BCUT2D eigenvalue weighted by Crippen LogP contribution is -2.14. The second-order valence-electron chi connectivity index (χ2n) is 19.8. The van der Waals surface area contributed by atoms with E-state index in [-0.39, 0.29) is 10.8 Å². The molecule has 0 amide bonds. The van der Waals surface area contributed by atoms with Gasteiger partial charge in [-0.15, -0.1) is 0 Å². The van der Waals surface area contributed by atoms with Crippen molar-refractivity contribution in [2.75, 3.05) is 4.90 Å². The van der Waals surface area contributed by atoms with E-state index in [0.29, 0.717) is 0 Å². The van der Waals surface area contributed by atoms with Crippen molar-refractivity contribution < 1.29 is 0 Å². The lowest BCUT2D eigenvalue weighted by atomic mass is 9.81. The van der Waals surface area contributed by atoms with E-state index in [9.17, 15) is 0 Å². The van der Waals surface area contributed by atoms with Gasteiger partial charge in [0, 0.05) is 44.4 Å². The summed E-state index contributed by atoms with van der Waals surface area (Å²) in [5.74, 6) is 0. The van der Waals surface area contributed by atoms with Gasteiger partial charge in [-0.3, -0.25) is 0 Å². The van der Waals surface area contributed by atoms with Gasteiger partial charge in [0.15, 0.2) is 0 Å². The highest BCUT2D eigenvalue weighted by molar-refractivity contribution is 6.10. The zero-order valence-electron chi connectivity index (χ0n) is 38.8. The first-order valence-electron chi connectivity index (χ1n) is 23.9. The molecular formula is C66H50N2. The summed E-state index contributed by atoms with van der Waals surface area (Å²) in [4.78, 5) is 2.39. The van der Waals surface area contributed by atoms with Crippen LogP contribution in [0.1, 0.15) is 49.9 Å². The number of anilines is 3. The van der Waals surface area contributed by atoms with Crippen LogP contribution in [-0.4, -0.2) is 4.57 Å². The van der Waals surface area contributed by atoms with Crippen LogP contribution in [0.2, 0.25) is 0 Å². The van der Waals surface area contributed by atoms with Gasteiger partial charge in [-0.2, -0.15) is 0 Å². The van der Waals surface area contributed by atoms with Crippen molar-refractivity contribution in [1.82, 2.24) is 4.57 Å². The van der Waals surface area contributed by atoms with E-state index in [4.69, 9.17) is 0 Å². The molecule has 0 saturated carbocycles. The average Bonchev–Trinajstić information content (AvgIpc) is 3.93. The lowest BCUT2D eigenvalue weighted by Gasteiger charge is -2.26. The van der Waals surface area contributed by atoms with Gasteiger partial charge in [-0.05, 0) is 151 Å². The van der Waals surface area contributed by atoms with E-state index in [1.165, 1.54) is 99.7 Å². The summed E-state index contributed by atoms with van der Waals surface area (Å²) in [5, 5.41) is 2.50. The average molecular weight is 871 g/mol. The molecule has 1 aromatic heterocycles. The fourth-order valence-electron chi connectivity index (χ4n) is 11.6. The van der Waals surface area contributed by atoms with E-state index in [1.807, 2.05) is 0 Å². The Morgan fingerprint density at radius 3 is 1.25 bits per heavy atom. The summed E-state index contributed by atoms with van der Waals surface area (Å²) in [6.45, 7) is 9.41. The van der Waals surface area contributed by atoms with Crippen molar-refractivity contribution >= 4 is 38.9 Å². The fourth-order valence-corrected chi connectivity index (χ4v) is 11.6. The Balaban J connectivity index is 0.894. The highest BCUT2D eigenvalue weighted by atomic mass is 15.1. The molecule has 0 radical (unpaired) electrons. The van der Waals surface area contributed by atoms with Crippen LogP contribution in [0.5, 0.6) is 0 Å². The Bertz CT molecular complexity index is 3610. The van der Waals surface area contributed by atoms with Gasteiger partial charge < -0.3 is 9.47 Å². The molecular weight excluding hydrogens is 821 g/mol. The largest absolute Gasteiger partial charge is 0.311 e. The molecule has 1 heterocycles. The van der Waals surface area contributed by atoms with Crippen molar-refractivity contribution in [3.8, 4) is 61.3 Å². The van der Waals surface area contributed by atoms with E-state index in [2.05, 4.69) is 268 Å². The topological polar surface area (TPSA) is 8.17 Å². The Morgan fingerprint density at radius 1 is 0.294 bits per heavy atom. The van der Waals surface area contributed by atoms with Gasteiger partial charge in [0.2, 0.25) is 0 Å².